The number of aryl methyl sites for hydroxylation is 1. The van der Waals surface area contributed by atoms with Crippen molar-refractivity contribution in [1.29, 1.82) is 0 Å². The minimum absolute atomic E-state index is 0.603. The first kappa shape index (κ1) is 11.8. The first-order chi connectivity index (χ1) is 7.49. The third-order valence-corrected chi connectivity index (χ3v) is 3.49. The molecule has 0 radical (unpaired) electrons. The molecule has 2 aromatic rings. The van der Waals surface area contributed by atoms with E-state index >= 15 is 0 Å². The van der Waals surface area contributed by atoms with E-state index in [1.165, 1.54) is 16.6 Å². The van der Waals surface area contributed by atoms with E-state index in [9.17, 15) is 0 Å². The van der Waals surface area contributed by atoms with Gasteiger partial charge in [-0.15, -0.1) is 0 Å². The van der Waals surface area contributed by atoms with Gasteiger partial charge in [0.2, 0.25) is 0 Å². The number of aromatic amines is 1. The van der Waals surface area contributed by atoms with Crippen molar-refractivity contribution in [2.45, 2.75) is 27.2 Å². The number of hydrogen-bond acceptors (Lipinski definition) is 0. The fourth-order valence-electron chi connectivity index (χ4n) is 2.05. The Kier molecular flexibility index (Phi) is 3.18. The minimum Gasteiger partial charge on any atom is -0.358 e. The normalized spacial score (nSPS) is 11.6. The fourth-order valence-corrected chi connectivity index (χ4v) is 2.38. The summed E-state index contributed by atoms with van der Waals surface area (Å²) in [7, 11) is 0. The Hall–Kier alpha value is -0.660. The summed E-state index contributed by atoms with van der Waals surface area (Å²) in [6, 6.07) is 3.86. The van der Waals surface area contributed by atoms with Gasteiger partial charge in [0, 0.05) is 16.6 Å². The van der Waals surface area contributed by atoms with Crippen molar-refractivity contribution in [2.24, 2.45) is 5.92 Å². The highest BCUT2D eigenvalue weighted by atomic mass is 35.5. The molecule has 1 aromatic heterocycles. The third kappa shape index (κ3) is 2.07. The second kappa shape index (κ2) is 4.31. The van der Waals surface area contributed by atoms with Gasteiger partial charge in [-0.05, 0) is 37.0 Å². The Labute approximate surface area is 106 Å². The molecule has 16 heavy (non-hydrogen) atoms. The van der Waals surface area contributed by atoms with Gasteiger partial charge in [0.15, 0.2) is 0 Å². The maximum absolute atomic E-state index is 6.06. The topological polar surface area (TPSA) is 15.8 Å². The zero-order valence-corrected chi connectivity index (χ0v) is 11.2. The largest absolute Gasteiger partial charge is 0.358 e. The lowest BCUT2D eigenvalue weighted by Crippen LogP contribution is -1.94. The predicted molar refractivity (Wildman–Crippen MR) is 71.6 cm³/mol. The van der Waals surface area contributed by atoms with Crippen LogP contribution in [0.2, 0.25) is 10.0 Å². The summed E-state index contributed by atoms with van der Waals surface area (Å²) >= 11 is 12.1. The second-order valence-corrected chi connectivity index (χ2v) is 5.45. The van der Waals surface area contributed by atoms with Gasteiger partial charge >= 0.3 is 0 Å². The molecule has 0 saturated heterocycles. The minimum atomic E-state index is 0.603. The fraction of sp³-hybridized carbons (Fsp3) is 0.385. The van der Waals surface area contributed by atoms with Crippen molar-refractivity contribution in [2.75, 3.05) is 0 Å². The lowest BCUT2D eigenvalue weighted by molar-refractivity contribution is 0.647. The summed E-state index contributed by atoms with van der Waals surface area (Å²) < 4.78 is 0. The summed E-state index contributed by atoms with van der Waals surface area (Å²) in [5.74, 6) is 0.632. The Bertz CT molecular complexity index is 526. The summed E-state index contributed by atoms with van der Waals surface area (Å²) in [6.45, 7) is 6.53. The quantitative estimate of drug-likeness (QED) is 0.779. The number of H-pyrrole nitrogens is 1. The molecule has 1 nitrogen and oxygen atoms in total. The SMILES string of the molecule is Cc1[nH]c2cc(Cl)c(Cl)cc2c1CC(C)C. The van der Waals surface area contributed by atoms with E-state index in [-0.39, 0.29) is 0 Å². The molecule has 0 unspecified atom stereocenters. The van der Waals surface area contributed by atoms with Gasteiger partial charge < -0.3 is 4.98 Å². The maximum Gasteiger partial charge on any atom is 0.0613 e. The molecule has 1 heterocycles. The van der Waals surface area contributed by atoms with Crippen LogP contribution in [0.1, 0.15) is 25.1 Å². The van der Waals surface area contributed by atoms with Gasteiger partial charge in [0.05, 0.1) is 10.0 Å². The third-order valence-electron chi connectivity index (χ3n) is 2.77. The summed E-state index contributed by atoms with van der Waals surface area (Å²) in [6.07, 6.45) is 1.06. The molecule has 1 aromatic carbocycles. The van der Waals surface area contributed by atoms with Crippen LogP contribution in [-0.4, -0.2) is 4.98 Å². The molecule has 1 N–H and O–H groups in total. The van der Waals surface area contributed by atoms with Crippen molar-refractivity contribution >= 4 is 34.1 Å². The van der Waals surface area contributed by atoms with E-state index < -0.39 is 0 Å². The lowest BCUT2D eigenvalue weighted by atomic mass is 10.0. The number of hydrogen-bond donors (Lipinski definition) is 1. The molecule has 3 heteroatoms. The molecular formula is C13H15Cl2N. The molecule has 0 aliphatic heterocycles. The summed E-state index contributed by atoms with van der Waals surface area (Å²) in [4.78, 5) is 3.36. The van der Waals surface area contributed by atoms with Crippen LogP contribution in [0.4, 0.5) is 0 Å². The average Bonchev–Trinajstić information content (AvgIpc) is 2.45. The highest BCUT2D eigenvalue weighted by Gasteiger charge is 2.11. The average molecular weight is 256 g/mol. The number of fused-ring (bicyclic) bond motifs is 1. The number of benzene rings is 1. The maximum atomic E-state index is 6.06. The van der Waals surface area contributed by atoms with Crippen LogP contribution in [0, 0.1) is 12.8 Å². The molecule has 0 aliphatic rings. The van der Waals surface area contributed by atoms with Crippen LogP contribution < -0.4 is 0 Å². The summed E-state index contributed by atoms with van der Waals surface area (Å²) in [5.41, 5.74) is 3.63. The van der Waals surface area contributed by atoms with E-state index in [2.05, 4.69) is 25.8 Å². The van der Waals surface area contributed by atoms with Crippen LogP contribution in [0.15, 0.2) is 12.1 Å². The smallest absolute Gasteiger partial charge is 0.0613 e. The number of rotatable bonds is 2. The Morgan fingerprint density at radius 3 is 2.44 bits per heavy atom. The van der Waals surface area contributed by atoms with Gasteiger partial charge in [0.1, 0.15) is 0 Å². The monoisotopic (exact) mass is 255 g/mol. The highest BCUT2D eigenvalue weighted by Crippen LogP contribution is 2.32. The van der Waals surface area contributed by atoms with Gasteiger partial charge in [-0.1, -0.05) is 37.0 Å². The Balaban J connectivity index is 2.64. The van der Waals surface area contributed by atoms with E-state index in [1.807, 2.05) is 12.1 Å². The van der Waals surface area contributed by atoms with E-state index in [0.29, 0.717) is 16.0 Å². The van der Waals surface area contributed by atoms with Crippen LogP contribution >= 0.6 is 23.2 Å². The molecule has 0 amide bonds. The first-order valence-corrected chi connectivity index (χ1v) is 6.21. The van der Waals surface area contributed by atoms with Crippen LogP contribution in [0.5, 0.6) is 0 Å². The molecule has 0 aliphatic carbocycles. The van der Waals surface area contributed by atoms with E-state index in [4.69, 9.17) is 23.2 Å². The predicted octanol–water partition coefficient (Wildman–Crippen LogP) is 4.98. The molecule has 0 saturated carbocycles. The van der Waals surface area contributed by atoms with Crippen LogP contribution in [-0.2, 0) is 6.42 Å². The van der Waals surface area contributed by atoms with Gasteiger partial charge in [0.25, 0.3) is 0 Å². The van der Waals surface area contributed by atoms with Crippen molar-refractivity contribution < 1.29 is 0 Å². The molecule has 0 atom stereocenters. The molecule has 86 valence electrons. The van der Waals surface area contributed by atoms with Crippen molar-refractivity contribution in [3.8, 4) is 0 Å². The van der Waals surface area contributed by atoms with Gasteiger partial charge in [-0.25, -0.2) is 0 Å². The van der Waals surface area contributed by atoms with Crippen LogP contribution in [0.25, 0.3) is 10.9 Å². The molecule has 0 fully saturated rings. The second-order valence-electron chi connectivity index (χ2n) is 4.64. The van der Waals surface area contributed by atoms with Crippen LogP contribution in [0.3, 0.4) is 0 Å². The Morgan fingerprint density at radius 2 is 1.81 bits per heavy atom. The molecule has 0 bridgehead atoms. The Morgan fingerprint density at radius 1 is 1.19 bits per heavy atom. The molecule has 2 rings (SSSR count). The molecule has 0 spiro atoms. The summed E-state index contributed by atoms with van der Waals surface area (Å²) in [5, 5.41) is 2.42. The zero-order valence-electron chi connectivity index (χ0n) is 9.70. The number of nitrogens with one attached hydrogen (secondary N) is 1. The van der Waals surface area contributed by atoms with Crippen molar-refractivity contribution in [3.05, 3.63) is 33.4 Å². The highest BCUT2D eigenvalue weighted by molar-refractivity contribution is 6.42. The zero-order chi connectivity index (χ0) is 11.9. The lowest BCUT2D eigenvalue weighted by Gasteiger charge is -2.05. The first-order valence-electron chi connectivity index (χ1n) is 5.45. The van der Waals surface area contributed by atoms with E-state index in [0.717, 1.165) is 11.9 Å². The van der Waals surface area contributed by atoms with Gasteiger partial charge in [-0.2, -0.15) is 0 Å². The number of halogens is 2. The number of aromatic nitrogens is 1. The standard InChI is InChI=1S/C13H15Cl2N/c1-7(2)4-9-8(3)16-13-6-12(15)11(14)5-10(9)13/h5-7,16H,4H2,1-3H3. The van der Waals surface area contributed by atoms with Crippen molar-refractivity contribution in [3.63, 3.8) is 0 Å². The van der Waals surface area contributed by atoms with Crippen molar-refractivity contribution in [1.82, 2.24) is 4.98 Å². The van der Waals surface area contributed by atoms with E-state index in [1.54, 1.807) is 0 Å². The van der Waals surface area contributed by atoms with Gasteiger partial charge in [-0.3, -0.25) is 0 Å². The molecular weight excluding hydrogens is 241 g/mol.